The third-order valence-electron chi connectivity index (χ3n) is 6.35. The van der Waals surface area contributed by atoms with Crippen molar-refractivity contribution in [2.24, 2.45) is 0 Å². The van der Waals surface area contributed by atoms with E-state index in [1.807, 2.05) is 36.1 Å². The second-order valence-corrected chi connectivity index (χ2v) is 9.33. The van der Waals surface area contributed by atoms with Crippen LogP contribution in [0.5, 0.6) is 0 Å². The predicted molar refractivity (Wildman–Crippen MR) is 140 cm³/mol. The molecule has 1 aromatic heterocycles. The van der Waals surface area contributed by atoms with Crippen molar-refractivity contribution < 1.29 is 19.5 Å². The molecule has 1 saturated heterocycles. The average molecular weight is 490 g/mol. The highest BCUT2D eigenvalue weighted by atomic mass is 16.4. The summed E-state index contributed by atoms with van der Waals surface area (Å²) in [6, 6.07) is 14.5. The first-order chi connectivity index (χ1) is 17.2. The van der Waals surface area contributed by atoms with Crippen LogP contribution in [0.4, 0.5) is 11.5 Å². The van der Waals surface area contributed by atoms with E-state index in [4.69, 9.17) is 4.98 Å². The Bertz CT molecular complexity index is 1280. The molecule has 9 heteroatoms. The summed E-state index contributed by atoms with van der Waals surface area (Å²) in [5.74, 6) is -0.580. The number of amides is 2. The molecular formula is C27H31N5O4. The molecule has 0 radical (unpaired) electrons. The van der Waals surface area contributed by atoms with Crippen LogP contribution in [0.1, 0.15) is 21.5 Å². The molecule has 2 N–H and O–H groups in total. The molecule has 1 aliphatic rings. The van der Waals surface area contributed by atoms with Gasteiger partial charge in [-0.15, -0.1) is 0 Å². The van der Waals surface area contributed by atoms with Crippen molar-refractivity contribution in [1.29, 1.82) is 0 Å². The number of carboxylic acid groups (broad SMARTS) is 1. The van der Waals surface area contributed by atoms with E-state index in [1.165, 1.54) is 0 Å². The first-order valence-corrected chi connectivity index (χ1v) is 11.9. The lowest BCUT2D eigenvalue weighted by Gasteiger charge is -2.35. The fourth-order valence-corrected chi connectivity index (χ4v) is 4.19. The van der Waals surface area contributed by atoms with Crippen molar-refractivity contribution in [3.63, 3.8) is 0 Å². The van der Waals surface area contributed by atoms with Gasteiger partial charge in [-0.3, -0.25) is 14.5 Å². The Hall–Kier alpha value is -3.98. The third-order valence-corrected chi connectivity index (χ3v) is 6.35. The quantitative estimate of drug-likeness (QED) is 0.526. The van der Waals surface area contributed by atoms with Gasteiger partial charge in [-0.25, -0.2) is 9.78 Å². The van der Waals surface area contributed by atoms with Gasteiger partial charge in [-0.05, 0) is 36.8 Å². The maximum atomic E-state index is 12.5. The molecule has 0 unspecified atom stereocenters. The highest BCUT2D eigenvalue weighted by molar-refractivity contribution is 6.05. The molecule has 0 atom stereocenters. The van der Waals surface area contributed by atoms with Crippen LogP contribution in [-0.4, -0.2) is 84.5 Å². The Balaban J connectivity index is 1.49. The molecule has 188 valence electrons. The largest absolute Gasteiger partial charge is 0.478 e. The molecule has 0 bridgehead atoms. The molecule has 0 aliphatic carbocycles. The van der Waals surface area contributed by atoms with Crippen molar-refractivity contribution in [2.45, 2.75) is 13.3 Å². The summed E-state index contributed by atoms with van der Waals surface area (Å²) in [4.78, 5) is 47.1. The number of carbonyl (C=O) groups excluding carboxylic acids is 2. The number of fused-ring (bicyclic) bond motifs is 1. The number of benzene rings is 2. The third kappa shape index (κ3) is 5.98. The average Bonchev–Trinajstić information content (AvgIpc) is 2.85. The minimum atomic E-state index is -1.05. The van der Waals surface area contributed by atoms with Gasteiger partial charge in [0.15, 0.2) is 0 Å². The zero-order valence-corrected chi connectivity index (χ0v) is 20.8. The van der Waals surface area contributed by atoms with E-state index in [0.29, 0.717) is 55.1 Å². The van der Waals surface area contributed by atoms with Gasteiger partial charge in [-0.2, -0.15) is 0 Å². The summed E-state index contributed by atoms with van der Waals surface area (Å²) in [6.45, 7) is 5.02. The number of carboxylic acids is 1. The highest BCUT2D eigenvalue weighted by Gasteiger charge is 2.22. The maximum Gasteiger partial charge on any atom is 0.336 e. The number of nitrogens with zero attached hydrogens (tertiary/aromatic N) is 4. The number of piperazine rings is 1. The van der Waals surface area contributed by atoms with Gasteiger partial charge in [0.05, 0.1) is 24.0 Å². The zero-order valence-electron chi connectivity index (χ0n) is 20.8. The van der Waals surface area contributed by atoms with Crippen molar-refractivity contribution in [3.05, 3.63) is 65.2 Å². The molecule has 36 heavy (non-hydrogen) atoms. The van der Waals surface area contributed by atoms with E-state index < -0.39 is 5.97 Å². The van der Waals surface area contributed by atoms with Gasteiger partial charge in [0.25, 0.3) is 0 Å². The van der Waals surface area contributed by atoms with E-state index in [1.54, 1.807) is 43.3 Å². The minimum absolute atomic E-state index is 0.0576. The summed E-state index contributed by atoms with van der Waals surface area (Å²) in [5, 5.41) is 13.2. The summed E-state index contributed by atoms with van der Waals surface area (Å²) in [7, 11) is 3.48. The number of carbonyl (C=O) groups is 3. The molecule has 2 amide bonds. The van der Waals surface area contributed by atoms with Crippen molar-refractivity contribution in [3.8, 4) is 0 Å². The van der Waals surface area contributed by atoms with Gasteiger partial charge in [-0.1, -0.05) is 29.8 Å². The van der Waals surface area contributed by atoms with Gasteiger partial charge >= 0.3 is 5.97 Å². The lowest BCUT2D eigenvalue weighted by Crippen LogP contribution is -2.49. The van der Waals surface area contributed by atoms with E-state index in [2.05, 4.69) is 10.2 Å². The standard InChI is InChI=1S/C27H31N5O4/c1-18-4-6-19(7-5-18)14-25(33)28-20-8-9-23-21(15-20)22(27(35)36)16-24(29-23)32-12-10-31(11-13-32)17-26(34)30(2)3/h4-9,15-16H,10-14,17H2,1-3H3,(H,28,33)(H,35,36). The smallest absolute Gasteiger partial charge is 0.336 e. The van der Waals surface area contributed by atoms with Crippen LogP contribution in [0, 0.1) is 6.92 Å². The molecule has 2 aromatic carbocycles. The highest BCUT2D eigenvalue weighted by Crippen LogP contribution is 2.27. The van der Waals surface area contributed by atoms with Crippen molar-refractivity contribution >= 4 is 40.2 Å². The lowest BCUT2D eigenvalue weighted by atomic mass is 10.1. The summed E-state index contributed by atoms with van der Waals surface area (Å²) in [5.41, 5.74) is 3.24. The van der Waals surface area contributed by atoms with Crippen LogP contribution in [0.15, 0.2) is 48.5 Å². The number of aromatic carboxylic acids is 1. The molecule has 3 aromatic rings. The molecular weight excluding hydrogens is 458 g/mol. The van der Waals surface area contributed by atoms with E-state index in [-0.39, 0.29) is 23.8 Å². The summed E-state index contributed by atoms with van der Waals surface area (Å²) >= 11 is 0. The number of rotatable bonds is 7. The number of likely N-dealkylation sites (N-methyl/N-ethyl adjacent to an activating group) is 1. The second-order valence-electron chi connectivity index (χ2n) is 9.33. The van der Waals surface area contributed by atoms with Crippen LogP contribution in [-0.2, 0) is 16.0 Å². The first-order valence-electron chi connectivity index (χ1n) is 11.9. The molecule has 9 nitrogen and oxygen atoms in total. The molecule has 0 saturated carbocycles. The summed E-state index contributed by atoms with van der Waals surface area (Å²) < 4.78 is 0. The Labute approximate surface area is 210 Å². The number of aromatic nitrogens is 1. The van der Waals surface area contributed by atoms with Crippen molar-refractivity contribution in [2.75, 3.05) is 57.0 Å². The molecule has 2 heterocycles. The van der Waals surface area contributed by atoms with E-state index in [0.717, 1.165) is 11.1 Å². The van der Waals surface area contributed by atoms with Crippen LogP contribution < -0.4 is 10.2 Å². The molecule has 1 fully saturated rings. The number of aryl methyl sites for hydroxylation is 1. The fraction of sp³-hybridized carbons (Fsp3) is 0.333. The van der Waals surface area contributed by atoms with Crippen LogP contribution in [0.2, 0.25) is 0 Å². The zero-order chi connectivity index (χ0) is 25.8. The molecule has 4 rings (SSSR count). The van der Waals surface area contributed by atoms with Gasteiger partial charge in [0, 0.05) is 51.3 Å². The van der Waals surface area contributed by atoms with Gasteiger partial charge in [0.1, 0.15) is 5.82 Å². The van der Waals surface area contributed by atoms with Crippen LogP contribution in [0.25, 0.3) is 10.9 Å². The first kappa shape index (κ1) is 25.1. The lowest BCUT2D eigenvalue weighted by molar-refractivity contribution is -0.130. The molecule has 1 aliphatic heterocycles. The second kappa shape index (κ2) is 10.7. The van der Waals surface area contributed by atoms with Gasteiger partial charge in [0.2, 0.25) is 11.8 Å². The Morgan fingerprint density at radius 2 is 1.69 bits per heavy atom. The fourth-order valence-electron chi connectivity index (χ4n) is 4.19. The predicted octanol–water partition coefficient (Wildman–Crippen LogP) is 2.63. The van der Waals surface area contributed by atoms with Gasteiger partial charge < -0.3 is 20.2 Å². The number of anilines is 2. The Morgan fingerprint density at radius 3 is 2.33 bits per heavy atom. The van der Waals surface area contributed by atoms with Crippen LogP contribution >= 0.6 is 0 Å². The number of hydrogen-bond acceptors (Lipinski definition) is 6. The number of pyridine rings is 1. The van der Waals surface area contributed by atoms with E-state index in [9.17, 15) is 19.5 Å². The maximum absolute atomic E-state index is 12.5. The monoisotopic (exact) mass is 489 g/mol. The van der Waals surface area contributed by atoms with E-state index >= 15 is 0 Å². The number of hydrogen-bond donors (Lipinski definition) is 2. The SMILES string of the molecule is Cc1ccc(CC(=O)Nc2ccc3nc(N4CCN(CC(=O)N(C)C)CC4)cc(C(=O)O)c3c2)cc1. The summed E-state index contributed by atoms with van der Waals surface area (Å²) in [6.07, 6.45) is 0.230. The minimum Gasteiger partial charge on any atom is -0.478 e. The molecule has 0 spiro atoms. The Kier molecular flexibility index (Phi) is 7.49. The van der Waals surface area contributed by atoms with Crippen LogP contribution in [0.3, 0.4) is 0 Å². The Morgan fingerprint density at radius 1 is 1.00 bits per heavy atom. The normalized spacial score (nSPS) is 14.0. The number of nitrogens with one attached hydrogen (secondary N) is 1. The van der Waals surface area contributed by atoms with Crippen molar-refractivity contribution in [1.82, 2.24) is 14.8 Å². The topological polar surface area (TPSA) is 106 Å².